The van der Waals surface area contributed by atoms with Gasteiger partial charge in [-0.3, -0.25) is 4.68 Å². The fourth-order valence-electron chi connectivity index (χ4n) is 1.56. The highest BCUT2D eigenvalue weighted by Gasteiger charge is 2.18. The van der Waals surface area contributed by atoms with E-state index in [1.54, 1.807) is 10.9 Å². The van der Waals surface area contributed by atoms with E-state index in [0.717, 1.165) is 18.4 Å². The van der Waals surface area contributed by atoms with Gasteiger partial charge in [-0.15, -0.1) is 0 Å². The minimum absolute atomic E-state index is 0.0238. The van der Waals surface area contributed by atoms with E-state index >= 15 is 0 Å². The molecule has 0 amide bonds. The van der Waals surface area contributed by atoms with Gasteiger partial charge in [0.05, 0.1) is 18.8 Å². The summed E-state index contributed by atoms with van der Waals surface area (Å²) in [6.45, 7) is 4.11. The molecule has 0 spiro atoms. The van der Waals surface area contributed by atoms with E-state index in [2.05, 4.69) is 12.0 Å². The number of aliphatic hydroxyl groups is 1. The van der Waals surface area contributed by atoms with Crippen LogP contribution < -0.4 is 5.73 Å². The van der Waals surface area contributed by atoms with Crippen LogP contribution in [0.25, 0.3) is 0 Å². The summed E-state index contributed by atoms with van der Waals surface area (Å²) >= 11 is 0. The molecule has 14 heavy (non-hydrogen) atoms. The third-order valence-corrected chi connectivity index (χ3v) is 2.37. The molecular weight excluding hydrogens is 178 g/mol. The van der Waals surface area contributed by atoms with Gasteiger partial charge in [0.1, 0.15) is 0 Å². The Morgan fingerprint density at radius 1 is 1.64 bits per heavy atom. The number of aromatic nitrogens is 2. The molecule has 0 radical (unpaired) electrons. The van der Waals surface area contributed by atoms with Gasteiger partial charge >= 0.3 is 0 Å². The highest BCUT2D eigenvalue weighted by atomic mass is 16.3. The third-order valence-electron chi connectivity index (χ3n) is 2.37. The molecule has 0 bridgehead atoms. The first-order valence-electron chi connectivity index (χ1n) is 5.06. The number of aryl methyl sites for hydroxylation is 1. The summed E-state index contributed by atoms with van der Waals surface area (Å²) in [6.07, 6.45) is 5.62. The summed E-state index contributed by atoms with van der Waals surface area (Å²) in [7, 11) is 0. The molecule has 0 fully saturated rings. The lowest BCUT2D eigenvalue weighted by Crippen LogP contribution is -2.34. The Morgan fingerprint density at radius 2 is 2.36 bits per heavy atom. The normalized spacial score (nSPS) is 15.4. The topological polar surface area (TPSA) is 64.1 Å². The Hall–Kier alpha value is -0.870. The van der Waals surface area contributed by atoms with Crippen LogP contribution >= 0.6 is 0 Å². The third kappa shape index (κ3) is 2.56. The van der Waals surface area contributed by atoms with E-state index in [0.29, 0.717) is 0 Å². The largest absolute Gasteiger partial charge is 0.394 e. The summed E-state index contributed by atoms with van der Waals surface area (Å²) < 4.78 is 1.76. The van der Waals surface area contributed by atoms with Gasteiger partial charge < -0.3 is 10.8 Å². The second-order valence-corrected chi connectivity index (χ2v) is 3.70. The van der Waals surface area contributed by atoms with Crippen LogP contribution in [0, 0.1) is 6.92 Å². The lowest BCUT2D eigenvalue weighted by atomic mass is 10.1. The highest BCUT2D eigenvalue weighted by Crippen LogP contribution is 2.13. The number of rotatable bonds is 5. The quantitative estimate of drug-likeness (QED) is 0.735. The molecule has 1 aromatic rings. The molecule has 2 atom stereocenters. The molecule has 0 aliphatic carbocycles. The Bertz CT molecular complexity index is 272. The monoisotopic (exact) mass is 197 g/mol. The molecule has 0 aromatic carbocycles. The van der Waals surface area contributed by atoms with Gasteiger partial charge in [0, 0.05) is 12.2 Å². The van der Waals surface area contributed by atoms with Crippen molar-refractivity contribution >= 4 is 0 Å². The lowest BCUT2D eigenvalue weighted by Gasteiger charge is -2.21. The summed E-state index contributed by atoms with van der Waals surface area (Å²) in [5.74, 6) is 0. The van der Waals surface area contributed by atoms with Crippen molar-refractivity contribution in [3.8, 4) is 0 Å². The van der Waals surface area contributed by atoms with E-state index in [-0.39, 0.29) is 18.7 Å². The fourth-order valence-corrected chi connectivity index (χ4v) is 1.56. The molecule has 0 saturated carbocycles. The molecule has 1 heterocycles. The van der Waals surface area contributed by atoms with Crippen LogP contribution in [-0.2, 0) is 0 Å². The van der Waals surface area contributed by atoms with Crippen LogP contribution in [0.15, 0.2) is 12.4 Å². The smallest absolute Gasteiger partial charge is 0.0900 e. The van der Waals surface area contributed by atoms with Crippen molar-refractivity contribution in [2.75, 3.05) is 6.61 Å². The van der Waals surface area contributed by atoms with E-state index in [1.165, 1.54) is 0 Å². The molecule has 2 unspecified atom stereocenters. The average Bonchev–Trinajstić information content (AvgIpc) is 2.54. The fraction of sp³-hybridized carbons (Fsp3) is 0.700. The Labute approximate surface area is 84.7 Å². The van der Waals surface area contributed by atoms with E-state index in [1.807, 2.05) is 13.1 Å². The first-order valence-corrected chi connectivity index (χ1v) is 5.06. The maximum absolute atomic E-state index is 9.24. The SMILES string of the molecule is CCCC(N)C(CO)n1cc(C)cn1. The summed E-state index contributed by atoms with van der Waals surface area (Å²) in [4.78, 5) is 0. The van der Waals surface area contributed by atoms with Crippen LogP contribution in [0.5, 0.6) is 0 Å². The van der Waals surface area contributed by atoms with E-state index in [4.69, 9.17) is 5.73 Å². The molecule has 3 N–H and O–H groups in total. The van der Waals surface area contributed by atoms with Crippen molar-refractivity contribution in [3.05, 3.63) is 18.0 Å². The van der Waals surface area contributed by atoms with Crippen LogP contribution in [-0.4, -0.2) is 27.5 Å². The van der Waals surface area contributed by atoms with E-state index < -0.39 is 0 Å². The van der Waals surface area contributed by atoms with Crippen molar-refractivity contribution in [2.45, 2.75) is 38.8 Å². The molecular formula is C10H19N3O. The molecule has 4 heteroatoms. The zero-order chi connectivity index (χ0) is 10.6. The van der Waals surface area contributed by atoms with Gasteiger partial charge in [0.25, 0.3) is 0 Å². The molecule has 1 aromatic heterocycles. The van der Waals surface area contributed by atoms with Gasteiger partial charge in [0.15, 0.2) is 0 Å². The van der Waals surface area contributed by atoms with Crippen LogP contribution in [0.4, 0.5) is 0 Å². The summed E-state index contributed by atoms with van der Waals surface area (Å²) in [6, 6.07) is -0.118. The predicted molar refractivity (Wildman–Crippen MR) is 56.0 cm³/mol. The maximum atomic E-state index is 9.24. The number of nitrogens with zero attached hydrogens (tertiary/aromatic N) is 2. The maximum Gasteiger partial charge on any atom is 0.0900 e. The molecule has 4 nitrogen and oxygen atoms in total. The summed E-state index contributed by atoms with van der Waals surface area (Å²) in [5.41, 5.74) is 7.05. The first-order chi connectivity index (χ1) is 6.69. The first kappa shape index (κ1) is 11.2. The van der Waals surface area contributed by atoms with Crippen molar-refractivity contribution in [3.63, 3.8) is 0 Å². The molecule has 0 saturated heterocycles. The Balaban J connectivity index is 2.71. The van der Waals surface area contributed by atoms with Gasteiger partial charge in [-0.2, -0.15) is 5.10 Å². The standard InChI is InChI=1S/C10H19N3O/c1-3-4-9(11)10(7-14)13-6-8(2)5-12-13/h5-6,9-10,14H,3-4,7,11H2,1-2H3. The number of hydrogen-bond donors (Lipinski definition) is 2. The van der Waals surface area contributed by atoms with Gasteiger partial charge in [-0.05, 0) is 18.9 Å². The molecule has 1 rings (SSSR count). The zero-order valence-electron chi connectivity index (χ0n) is 8.85. The van der Waals surface area contributed by atoms with E-state index in [9.17, 15) is 5.11 Å². The molecule has 80 valence electrons. The second kappa shape index (κ2) is 5.12. The average molecular weight is 197 g/mol. The van der Waals surface area contributed by atoms with Crippen LogP contribution in [0.2, 0.25) is 0 Å². The van der Waals surface area contributed by atoms with Crippen molar-refractivity contribution in [2.24, 2.45) is 5.73 Å². The van der Waals surface area contributed by atoms with Crippen LogP contribution in [0.3, 0.4) is 0 Å². The predicted octanol–water partition coefficient (Wildman–Crippen LogP) is 0.852. The van der Waals surface area contributed by atoms with Gasteiger partial charge in [-0.1, -0.05) is 13.3 Å². The van der Waals surface area contributed by atoms with Crippen molar-refractivity contribution in [1.82, 2.24) is 9.78 Å². The molecule has 0 aliphatic rings. The lowest BCUT2D eigenvalue weighted by molar-refractivity contribution is 0.192. The Morgan fingerprint density at radius 3 is 2.79 bits per heavy atom. The summed E-state index contributed by atoms with van der Waals surface area (Å²) in [5, 5.41) is 13.4. The van der Waals surface area contributed by atoms with Gasteiger partial charge in [-0.25, -0.2) is 0 Å². The number of hydrogen-bond acceptors (Lipinski definition) is 3. The Kier molecular flexibility index (Phi) is 4.10. The second-order valence-electron chi connectivity index (χ2n) is 3.70. The minimum Gasteiger partial charge on any atom is -0.394 e. The molecule has 0 aliphatic heterocycles. The van der Waals surface area contributed by atoms with Crippen molar-refractivity contribution < 1.29 is 5.11 Å². The van der Waals surface area contributed by atoms with Crippen LogP contribution in [0.1, 0.15) is 31.4 Å². The van der Waals surface area contributed by atoms with Gasteiger partial charge in [0.2, 0.25) is 0 Å². The minimum atomic E-state index is -0.0938. The zero-order valence-corrected chi connectivity index (χ0v) is 8.85. The number of aliphatic hydroxyl groups excluding tert-OH is 1. The van der Waals surface area contributed by atoms with Crippen molar-refractivity contribution in [1.29, 1.82) is 0 Å². The highest BCUT2D eigenvalue weighted by molar-refractivity contribution is 5.01. The number of nitrogens with two attached hydrogens (primary N) is 1.